The summed E-state index contributed by atoms with van der Waals surface area (Å²) in [6.07, 6.45) is 2.54. The number of fused-ring (bicyclic) bond motifs is 3. The van der Waals surface area contributed by atoms with E-state index in [1.807, 2.05) is 35.7 Å². The molecule has 0 spiro atoms. The van der Waals surface area contributed by atoms with Crippen LogP contribution in [0.15, 0.2) is 61.5 Å². The number of amides is 1. The van der Waals surface area contributed by atoms with Crippen molar-refractivity contribution >= 4 is 55.1 Å². The molecule has 7 nitrogen and oxygen atoms in total. The van der Waals surface area contributed by atoms with Crippen molar-refractivity contribution in [2.75, 3.05) is 18.5 Å². The van der Waals surface area contributed by atoms with Crippen molar-refractivity contribution in [1.29, 1.82) is 0 Å². The molecule has 0 radical (unpaired) electrons. The van der Waals surface area contributed by atoms with E-state index in [4.69, 9.17) is 13.9 Å². The molecule has 36 heavy (non-hydrogen) atoms. The molecule has 1 amide bonds. The molecule has 1 N–H and O–H groups in total. The van der Waals surface area contributed by atoms with E-state index in [2.05, 4.69) is 21.2 Å². The van der Waals surface area contributed by atoms with Crippen LogP contribution < -0.4 is 15.7 Å². The first kappa shape index (κ1) is 24.3. The number of esters is 1. The van der Waals surface area contributed by atoms with Gasteiger partial charge in [0.1, 0.15) is 21.9 Å². The number of thiophene rings is 1. The summed E-state index contributed by atoms with van der Waals surface area (Å²) in [6, 6.07) is 12.8. The van der Waals surface area contributed by atoms with Gasteiger partial charge in [-0.3, -0.25) is 4.79 Å². The monoisotopic (exact) mass is 567 g/mol. The molecule has 4 aromatic rings. The molecular formula is C27H22BrNO6S. The molecule has 0 aliphatic heterocycles. The zero-order chi connectivity index (χ0) is 25.2. The Labute approximate surface area is 219 Å². The van der Waals surface area contributed by atoms with Crippen molar-refractivity contribution < 1.29 is 23.5 Å². The largest absolute Gasteiger partial charge is 0.484 e. The molecule has 0 unspecified atom stereocenters. The summed E-state index contributed by atoms with van der Waals surface area (Å²) in [4.78, 5) is 37.7. The highest BCUT2D eigenvalue weighted by molar-refractivity contribution is 9.10. The Morgan fingerprint density at radius 2 is 1.89 bits per heavy atom. The standard InChI is InChI=1S/C27H22BrNO6S/c1-2-33-27(32)24-21(15-6-8-16(28)9-7-15)14-36-25(24)29-23(30)13-34-17-10-11-19-18-4-3-5-20(18)26(31)35-22(19)12-17/h6-12,14H,2-5,13H2,1H3,(H,29,30). The lowest BCUT2D eigenvalue weighted by Gasteiger charge is -2.10. The van der Waals surface area contributed by atoms with Crippen LogP contribution in [0.5, 0.6) is 5.75 Å². The highest BCUT2D eigenvalue weighted by Crippen LogP contribution is 2.37. The maximum atomic E-state index is 12.7. The van der Waals surface area contributed by atoms with Gasteiger partial charge in [-0.15, -0.1) is 11.3 Å². The molecule has 1 aliphatic carbocycles. The summed E-state index contributed by atoms with van der Waals surface area (Å²) < 4.78 is 17.3. The molecule has 2 aromatic heterocycles. The lowest BCUT2D eigenvalue weighted by atomic mass is 10.0. The normalized spacial score (nSPS) is 12.4. The summed E-state index contributed by atoms with van der Waals surface area (Å²) in [5.41, 5.74) is 3.75. The van der Waals surface area contributed by atoms with Gasteiger partial charge < -0.3 is 19.2 Å². The number of anilines is 1. The summed E-state index contributed by atoms with van der Waals surface area (Å²) in [6.45, 7) is 1.66. The Hall–Kier alpha value is -3.43. The summed E-state index contributed by atoms with van der Waals surface area (Å²) in [5.74, 6) is -0.531. The van der Waals surface area contributed by atoms with E-state index in [9.17, 15) is 14.4 Å². The number of hydrogen-bond donors (Lipinski definition) is 1. The fourth-order valence-corrected chi connectivity index (χ4v) is 5.60. The third-order valence-corrected chi connectivity index (χ3v) is 7.42. The number of ether oxygens (including phenoxy) is 2. The third kappa shape index (κ3) is 4.81. The summed E-state index contributed by atoms with van der Waals surface area (Å²) in [5, 5.41) is 5.88. The predicted octanol–water partition coefficient (Wildman–Crippen LogP) is 5.97. The molecule has 9 heteroatoms. The highest BCUT2D eigenvalue weighted by Gasteiger charge is 2.23. The van der Waals surface area contributed by atoms with E-state index in [0.717, 1.165) is 45.8 Å². The maximum Gasteiger partial charge on any atom is 0.341 e. The number of benzene rings is 2. The predicted molar refractivity (Wildman–Crippen MR) is 142 cm³/mol. The second-order valence-electron chi connectivity index (χ2n) is 8.28. The quantitative estimate of drug-likeness (QED) is 0.218. The first-order valence-electron chi connectivity index (χ1n) is 11.5. The molecule has 2 aromatic carbocycles. The van der Waals surface area contributed by atoms with Crippen LogP contribution in [-0.2, 0) is 22.4 Å². The Morgan fingerprint density at radius 1 is 1.11 bits per heavy atom. The van der Waals surface area contributed by atoms with E-state index in [0.29, 0.717) is 27.5 Å². The molecule has 1 aliphatic rings. The van der Waals surface area contributed by atoms with Gasteiger partial charge in [-0.25, -0.2) is 9.59 Å². The lowest BCUT2D eigenvalue weighted by Crippen LogP contribution is -2.21. The molecule has 0 saturated heterocycles. The van der Waals surface area contributed by atoms with Gasteiger partial charge in [0.2, 0.25) is 0 Å². The fourth-order valence-electron chi connectivity index (χ4n) is 4.36. The van der Waals surface area contributed by atoms with Crippen molar-refractivity contribution in [2.45, 2.75) is 26.2 Å². The average molecular weight is 568 g/mol. The van der Waals surface area contributed by atoms with Gasteiger partial charge >= 0.3 is 11.6 Å². The Kier molecular flexibility index (Phi) is 6.93. The fraction of sp³-hybridized carbons (Fsp3) is 0.222. The number of carbonyl (C=O) groups excluding carboxylic acids is 2. The first-order valence-corrected chi connectivity index (χ1v) is 13.2. The SMILES string of the molecule is CCOC(=O)c1c(-c2ccc(Br)cc2)csc1NC(=O)COc1ccc2c3c(c(=O)oc2c1)CCC3. The van der Waals surface area contributed by atoms with Crippen molar-refractivity contribution in [2.24, 2.45) is 0 Å². The van der Waals surface area contributed by atoms with Crippen LogP contribution in [0.2, 0.25) is 0 Å². The molecular weight excluding hydrogens is 546 g/mol. The van der Waals surface area contributed by atoms with Crippen LogP contribution >= 0.6 is 27.3 Å². The second kappa shape index (κ2) is 10.3. The van der Waals surface area contributed by atoms with E-state index in [-0.39, 0.29) is 18.8 Å². The zero-order valence-electron chi connectivity index (χ0n) is 19.4. The molecule has 5 rings (SSSR count). The Bertz CT molecular complexity index is 1520. The molecule has 0 atom stereocenters. The summed E-state index contributed by atoms with van der Waals surface area (Å²) >= 11 is 4.66. The molecule has 0 saturated carbocycles. The van der Waals surface area contributed by atoms with Gasteiger partial charge in [0, 0.05) is 32.4 Å². The van der Waals surface area contributed by atoms with Crippen molar-refractivity contribution in [1.82, 2.24) is 0 Å². The number of rotatable bonds is 7. The number of halogens is 1. The molecule has 2 heterocycles. The van der Waals surface area contributed by atoms with Crippen LogP contribution in [0.25, 0.3) is 22.1 Å². The van der Waals surface area contributed by atoms with Gasteiger partial charge in [0.15, 0.2) is 6.61 Å². The van der Waals surface area contributed by atoms with Gasteiger partial charge in [-0.05, 0) is 61.6 Å². The average Bonchev–Trinajstić information content (AvgIpc) is 3.52. The molecule has 184 valence electrons. The van der Waals surface area contributed by atoms with E-state index >= 15 is 0 Å². The minimum Gasteiger partial charge on any atom is -0.484 e. The maximum absolute atomic E-state index is 12.7. The van der Waals surface area contributed by atoms with Crippen molar-refractivity contribution in [3.05, 3.63) is 79.4 Å². The topological polar surface area (TPSA) is 94.8 Å². The number of aryl methyl sites for hydroxylation is 1. The van der Waals surface area contributed by atoms with Gasteiger partial charge in [0.25, 0.3) is 5.91 Å². The van der Waals surface area contributed by atoms with E-state index in [1.165, 1.54) is 11.3 Å². The Balaban J connectivity index is 1.33. The second-order valence-corrected chi connectivity index (χ2v) is 10.1. The minimum absolute atomic E-state index is 0.215. The van der Waals surface area contributed by atoms with Gasteiger partial charge in [-0.1, -0.05) is 28.1 Å². The van der Waals surface area contributed by atoms with Crippen molar-refractivity contribution in [3.63, 3.8) is 0 Å². The van der Waals surface area contributed by atoms with Gasteiger partial charge in [0.05, 0.1) is 6.61 Å². The lowest BCUT2D eigenvalue weighted by molar-refractivity contribution is -0.118. The summed E-state index contributed by atoms with van der Waals surface area (Å²) in [7, 11) is 0. The van der Waals surface area contributed by atoms with Crippen LogP contribution in [0, 0.1) is 0 Å². The number of carbonyl (C=O) groups is 2. The van der Waals surface area contributed by atoms with Crippen LogP contribution in [-0.4, -0.2) is 25.1 Å². The molecule has 0 fully saturated rings. The van der Waals surface area contributed by atoms with Crippen LogP contribution in [0.4, 0.5) is 5.00 Å². The van der Waals surface area contributed by atoms with Crippen LogP contribution in [0.1, 0.15) is 34.8 Å². The third-order valence-electron chi connectivity index (χ3n) is 5.99. The highest BCUT2D eigenvalue weighted by atomic mass is 79.9. The number of nitrogens with one attached hydrogen (secondary N) is 1. The first-order chi connectivity index (χ1) is 17.4. The Morgan fingerprint density at radius 3 is 2.67 bits per heavy atom. The molecule has 0 bridgehead atoms. The van der Waals surface area contributed by atoms with Gasteiger partial charge in [-0.2, -0.15) is 0 Å². The van der Waals surface area contributed by atoms with E-state index in [1.54, 1.807) is 19.1 Å². The smallest absolute Gasteiger partial charge is 0.341 e. The zero-order valence-corrected chi connectivity index (χ0v) is 21.8. The van der Waals surface area contributed by atoms with E-state index < -0.39 is 11.9 Å². The minimum atomic E-state index is -0.509. The van der Waals surface area contributed by atoms with Crippen molar-refractivity contribution in [3.8, 4) is 16.9 Å². The van der Waals surface area contributed by atoms with Crippen LogP contribution in [0.3, 0.4) is 0 Å². The number of hydrogen-bond acceptors (Lipinski definition) is 7.